The zero-order valence-corrected chi connectivity index (χ0v) is 19.5. The number of fused-ring (bicyclic) bond motifs is 1. The van der Waals surface area contributed by atoms with Crippen molar-refractivity contribution >= 4 is 16.6 Å². The molecule has 0 radical (unpaired) electrons. The third kappa shape index (κ3) is 3.90. The van der Waals surface area contributed by atoms with Gasteiger partial charge in [0.25, 0.3) is 0 Å². The minimum absolute atomic E-state index is 0.0945. The quantitative estimate of drug-likeness (QED) is 0.434. The van der Waals surface area contributed by atoms with Gasteiger partial charge in [0.1, 0.15) is 11.5 Å². The summed E-state index contributed by atoms with van der Waals surface area (Å²) in [4.78, 5) is 22.9. The average molecular weight is 462 g/mol. The molecule has 1 saturated heterocycles. The first-order chi connectivity index (χ1) is 16.6. The molecule has 1 atom stereocenters. The molecule has 8 heteroatoms. The van der Waals surface area contributed by atoms with Crippen molar-refractivity contribution in [2.24, 2.45) is 0 Å². The maximum absolute atomic E-state index is 13.1. The van der Waals surface area contributed by atoms with Gasteiger partial charge in [0, 0.05) is 42.4 Å². The molecule has 0 unspecified atom stereocenters. The smallest absolute Gasteiger partial charge is 0.190 e. The highest BCUT2D eigenvalue weighted by Crippen LogP contribution is 2.38. The molecule has 2 aromatic carbocycles. The molecule has 1 fully saturated rings. The summed E-state index contributed by atoms with van der Waals surface area (Å²) in [5.74, 6) is 1.93. The minimum atomic E-state index is -0.0945. The number of hydrogen-bond acceptors (Lipinski definition) is 7. The Hall–Kier alpha value is -3.78. The van der Waals surface area contributed by atoms with Crippen LogP contribution in [0.15, 0.2) is 58.2 Å². The number of aromatic nitrogens is 2. The summed E-state index contributed by atoms with van der Waals surface area (Å²) in [5.41, 5.74) is 3.88. The van der Waals surface area contributed by atoms with E-state index in [1.54, 1.807) is 39.7 Å². The van der Waals surface area contributed by atoms with E-state index in [1.165, 1.54) is 6.39 Å². The Morgan fingerprint density at radius 1 is 1.12 bits per heavy atom. The Morgan fingerprint density at radius 3 is 2.71 bits per heavy atom. The van der Waals surface area contributed by atoms with Gasteiger partial charge in [0.05, 0.1) is 49.8 Å². The topological polar surface area (TPSA) is 89.8 Å². The number of oxazole rings is 1. The number of aromatic amines is 1. The summed E-state index contributed by atoms with van der Waals surface area (Å²) in [5, 5.41) is 0.546. The van der Waals surface area contributed by atoms with Gasteiger partial charge >= 0.3 is 0 Å². The zero-order valence-electron chi connectivity index (χ0n) is 19.5. The molecule has 1 aliphatic rings. The van der Waals surface area contributed by atoms with Crippen LogP contribution in [-0.2, 0) is 4.74 Å². The molecule has 5 rings (SSSR count). The molecule has 3 heterocycles. The van der Waals surface area contributed by atoms with Crippen molar-refractivity contribution in [3.8, 4) is 34.1 Å². The van der Waals surface area contributed by atoms with E-state index < -0.39 is 0 Å². The zero-order chi connectivity index (χ0) is 23.7. The van der Waals surface area contributed by atoms with Crippen LogP contribution in [0, 0.1) is 0 Å². The van der Waals surface area contributed by atoms with Crippen molar-refractivity contribution in [1.82, 2.24) is 9.97 Å². The molecule has 1 aliphatic heterocycles. The van der Waals surface area contributed by atoms with E-state index in [-0.39, 0.29) is 5.43 Å². The third-order valence-electron chi connectivity index (χ3n) is 6.38. The molecule has 2 aromatic heterocycles. The monoisotopic (exact) mass is 461 g/mol. The molecule has 4 aromatic rings. The minimum Gasteiger partial charge on any atom is -0.496 e. The molecule has 0 amide bonds. The summed E-state index contributed by atoms with van der Waals surface area (Å²) < 4.78 is 22.1. The van der Waals surface area contributed by atoms with Crippen LogP contribution in [0.4, 0.5) is 5.69 Å². The lowest BCUT2D eigenvalue weighted by atomic mass is 10.0. The SMILES string of the molecule is COC[C@H]1CCCN1c1cc(-c2cc(=O)c3cc(-c4cnco4)c(OC)cc3[nH]2)ccc1OC. The Bertz CT molecular complexity index is 1360. The summed E-state index contributed by atoms with van der Waals surface area (Å²) in [6.45, 7) is 1.59. The predicted octanol–water partition coefficient (Wildman–Crippen LogP) is 4.48. The Morgan fingerprint density at radius 2 is 1.97 bits per heavy atom. The summed E-state index contributed by atoms with van der Waals surface area (Å²) in [7, 11) is 4.99. The number of anilines is 1. The highest BCUT2D eigenvalue weighted by Gasteiger charge is 2.27. The number of benzene rings is 2. The lowest BCUT2D eigenvalue weighted by Crippen LogP contribution is -2.33. The first-order valence-electron chi connectivity index (χ1n) is 11.2. The lowest BCUT2D eigenvalue weighted by Gasteiger charge is -2.28. The molecule has 0 bridgehead atoms. The molecule has 176 valence electrons. The van der Waals surface area contributed by atoms with Gasteiger partial charge in [0.15, 0.2) is 17.6 Å². The van der Waals surface area contributed by atoms with Gasteiger partial charge in [-0.05, 0) is 37.1 Å². The number of ether oxygens (including phenoxy) is 3. The Kier molecular flexibility index (Phi) is 5.98. The van der Waals surface area contributed by atoms with E-state index in [9.17, 15) is 4.79 Å². The predicted molar refractivity (Wildman–Crippen MR) is 131 cm³/mol. The number of H-pyrrole nitrogens is 1. The molecule has 0 saturated carbocycles. The van der Waals surface area contributed by atoms with Crippen molar-refractivity contribution in [1.29, 1.82) is 0 Å². The van der Waals surface area contributed by atoms with E-state index in [0.717, 1.165) is 42.1 Å². The fourth-order valence-corrected chi connectivity index (χ4v) is 4.74. The molecule has 34 heavy (non-hydrogen) atoms. The van der Waals surface area contributed by atoms with E-state index in [2.05, 4.69) is 20.9 Å². The van der Waals surface area contributed by atoms with Gasteiger partial charge in [-0.25, -0.2) is 4.98 Å². The number of nitrogens with zero attached hydrogens (tertiary/aromatic N) is 2. The van der Waals surface area contributed by atoms with Crippen LogP contribution in [0.5, 0.6) is 11.5 Å². The average Bonchev–Trinajstić information content (AvgIpc) is 3.55. The molecule has 1 N–H and O–H groups in total. The number of methoxy groups -OCH3 is 3. The summed E-state index contributed by atoms with van der Waals surface area (Å²) in [6.07, 6.45) is 5.12. The van der Waals surface area contributed by atoms with Gasteiger partial charge in [0.2, 0.25) is 0 Å². The Labute approximate surface area is 197 Å². The van der Waals surface area contributed by atoms with Crippen LogP contribution in [0.1, 0.15) is 12.8 Å². The van der Waals surface area contributed by atoms with Crippen molar-refractivity contribution in [3.05, 3.63) is 59.2 Å². The van der Waals surface area contributed by atoms with Crippen molar-refractivity contribution in [3.63, 3.8) is 0 Å². The number of nitrogens with one attached hydrogen (secondary N) is 1. The molecule has 8 nitrogen and oxygen atoms in total. The fraction of sp³-hybridized carbons (Fsp3) is 0.308. The fourth-order valence-electron chi connectivity index (χ4n) is 4.74. The highest BCUT2D eigenvalue weighted by atomic mass is 16.5. The maximum atomic E-state index is 13.1. The van der Waals surface area contributed by atoms with E-state index >= 15 is 0 Å². The normalized spacial score (nSPS) is 15.7. The molecule has 0 aliphatic carbocycles. The second-order valence-corrected chi connectivity index (χ2v) is 8.34. The van der Waals surface area contributed by atoms with Crippen LogP contribution < -0.4 is 19.8 Å². The van der Waals surface area contributed by atoms with Crippen LogP contribution >= 0.6 is 0 Å². The Balaban J connectivity index is 1.60. The van der Waals surface area contributed by atoms with Crippen LogP contribution in [-0.4, -0.2) is 50.5 Å². The molecule has 0 spiro atoms. The maximum Gasteiger partial charge on any atom is 0.190 e. The van der Waals surface area contributed by atoms with Crippen molar-refractivity contribution in [2.45, 2.75) is 18.9 Å². The van der Waals surface area contributed by atoms with Gasteiger partial charge in [-0.2, -0.15) is 0 Å². The molecular weight excluding hydrogens is 434 g/mol. The van der Waals surface area contributed by atoms with Gasteiger partial charge in [-0.3, -0.25) is 4.79 Å². The van der Waals surface area contributed by atoms with E-state index in [0.29, 0.717) is 40.6 Å². The summed E-state index contributed by atoms with van der Waals surface area (Å²) in [6, 6.07) is 11.5. The standard InChI is InChI=1S/C26H27N3O5/c1-31-14-17-5-4-8-29(17)22-9-16(6-7-24(22)32-2)20-11-23(30)18-10-19(26-13-27-15-34-26)25(33-3)12-21(18)28-20/h6-7,9-13,15,17H,4-5,8,14H2,1-3H3,(H,28,30)/t17-/m1/s1. The van der Waals surface area contributed by atoms with Crippen LogP contribution in [0.25, 0.3) is 33.5 Å². The number of hydrogen-bond donors (Lipinski definition) is 1. The van der Waals surface area contributed by atoms with Gasteiger partial charge < -0.3 is 28.5 Å². The largest absolute Gasteiger partial charge is 0.496 e. The highest BCUT2D eigenvalue weighted by molar-refractivity contribution is 5.89. The second kappa shape index (κ2) is 9.23. The first-order valence-corrected chi connectivity index (χ1v) is 11.2. The number of rotatable bonds is 7. The lowest BCUT2D eigenvalue weighted by molar-refractivity contribution is 0.180. The van der Waals surface area contributed by atoms with Gasteiger partial charge in [-0.1, -0.05) is 0 Å². The number of pyridine rings is 1. The van der Waals surface area contributed by atoms with Crippen LogP contribution in [0.3, 0.4) is 0 Å². The third-order valence-corrected chi connectivity index (χ3v) is 6.38. The van der Waals surface area contributed by atoms with Crippen LogP contribution in [0.2, 0.25) is 0 Å². The first kappa shape index (κ1) is 22.0. The van der Waals surface area contributed by atoms with Gasteiger partial charge in [-0.15, -0.1) is 0 Å². The second-order valence-electron chi connectivity index (χ2n) is 8.34. The molecular formula is C26H27N3O5. The van der Waals surface area contributed by atoms with Crippen molar-refractivity contribution < 1.29 is 18.6 Å². The van der Waals surface area contributed by atoms with E-state index in [4.69, 9.17) is 18.6 Å². The van der Waals surface area contributed by atoms with E-state index in [1.807, 2.05) is 18.2 Å². The van der Waals surface area contributed by atoms with Crippen molar-refractivity contribution in [2.75, 3.05) is 39.4 Å². The summed E-state index contributed by atoms with van der Waals surface area (Å²) >= 11 is 0.